The molecule has 0 aliphatic carbocycles. The molecule has 0 unspecified atom stereocenters. The molecule has 2 N–H and O–H groups in total. The van der Waals surface area contributed by atoms with Crippen molar-refractivity contribution in [2.24, 2.45) is 0 Å². The number of benzene rings is 2. The Bertz CT molecular complexity index is 571. The molecular weight excluding hydrogens is 212 g/mol. The molecule has 2 nitrogen and oxygen atoms in total. The fourth-order valence-corrected chi connectivity index (χ4v) is 2.04. The van der Waals surface area contributed by atoms with E-state index in [0.29, 0.717) is 5.75 Å². The summed E-state index contributed by atoms with van der Waals surface area (Å²) >= 11 is 0. The van der Waals surface area contributed by atoms with Crippen LogP contribution in [0.3, 0.4) is 0 Å². The van der Waals surface area contributed by atoms with Gasteiger partial charge in [0, 0.05) is 0 Å². The average Bonchev–Trinajstić information content (AvgIpc) is 2.24. The summed E-state index contributed by atoms with van der Waals surface area (Å²) in [6, 6.07) is 9.09. The van der Waals surface area contributed by atoms with Crippen molar-refractivity contribution in [1.82, 2.24) is 0 Å². The number of phenols is 2. The minimum absolute atomic E-state index is 0.277. The fourth-order valence-electron chi connectivity index (χ4n) is 2.04. The van der Waals surface area contributed by atoms with Crippen LogP contribution in [0.1, 0.15) is 16.7 Å². The molecule has 88 valence electrons. The van der Waals surface area contributed by atoms with Crippen LogP contribution in [0.4, 0.5) is 0 Å². The fraction of sp³-hybridized carbons (Fsp3) is 0.200. The number of hydrogen-bond donors (Lipinski definition) is 2. The van der Waals surface area contributed by atoms with Gasteiger partial charge < -0.3 is 10.2 Å². The highest BCUT2D eigenvalue weighted by Crippen LogP contribution is 2.32. The van der Waals surface area contributed by atoms with Crippen molar-refractivity contribution in [3.8, 4) is 22.6 Å². The third-order valence-corrected chi connectivity index (χ3v) is 3.04. The highest BCUT2D eigenvalue weighted by Gasteiger charge is 2.08. The molecule has 0 fully saturated rings. The summed E-state index contributed by atoms with van der Waals surface area (Å²) in [6.07, 6.45) is 0. The molecule has 2 rings (SSSR count). The lowest BCUT2D eigenvalue weighted by molar-refractivity contribution is 0.470. The summed E-state index contributed by atoms with van der Waals surface area (Å²) in [6.45, 7) is 5.82. The lowest BCUT2D eigenvalue weighted by atomic mass is 9.94. The molecule has 17 heavy (non-hydrogen) atoms. The van der Waals surface area contributed by atoms with Crippen molar-refractivity contribution < 1.29 is 10.2 Å². The maximum atomic E-state index is 9.64. The first-order chi connectivity index (χ1) is 7.99. The van der Waals surface area contributed by atoms with Gasteiger partial charge in [-0.05, 0) is 72.9 Å². The first-order valence-electron chi connectivity index (χ1n) is 5.59. The second-order valence-electron chi connectivity index (χ2n) is 4.45. The lowest BCUT2D eigenvalue weighted by Crippen LogP contribution is -1.88. The standard InChI is InChI=1S/C15H16O2/c1-9-6-12(16)4-5-13(9)14-7-11(3)15(17)8-10(14)2/h4-8,16-17H,1-3H3. The third-order valence-electron chi connectivity index (χ3n) is 3.04. The molecule has 0 aromatic heterocycles. The van der Waals surface area contributed by atoms with Crippen LogP contribution >= 0.6 is 0 Å². The van der Waals surface area contributed by atoms with E-state index < -0.39 is 0 Å². The minimum atomic E-state index is 0.277. The molecule has 2 heteroatoms. The molecule has 0 aliphatic rings. The first-order valence-corrected chi connectivity index (χ1v) is 5.59. The maximum Gasteiger partial charge on any atom is 0.118 e. The Kier molecular flexibility index (Phi) is 2.80. The van der Waals surface area contributed by atoms with E-state index in [2.05, 4.69) is 0 Å². The van der Waals surface area contributed by atoms with E-state index in [4.69, 9.17) is 0 Å². The third kappa shape index (κ3) is 2.11. The van der Waals surface area contributed by atoms with Crippen LogP contribution < -0.4 is 0 Å². The number of phenolic OH excluding ortho intramolecular Hbond substituents is 2. The van der Waals surface area contributed by atoms with Crippen LogP contribution in [-0.2, 0) is 0 Å². The number of hydrogen-bond acceptors (Lipinski definition) is 2. The van der Waals surface area contributed by atoms with Crippen molar-refractivity contribution in [2.75, 3.05) is 0 Å². The highest BCUT2D eigenvalue weighted by molar-refractivity contribution is 5.72. The van der Waals surface area contributed by atoms with Crippen molar-refractivity contribution in [3.05, 3.63) is 47.0 Å². The second kappa shape index (κ2) is 4.13. The Labute approximate surface area is 101 Å². The zero-order valence-corrected chi connectivity index (χ0v) is 10.3. The van der Waals surface area contributed by atoms with Crippen molar-refractivity contribution in [3.63, 3.8) is 0 Å². The van der Waals surface area contributed by atoms with Gasteiger partial charge in [0.2, 0.25) is 0 Å². The van der Waals surface area contributed by atoms with Gasteiger partial charge in [-0.1, -0.05) is 6.07 Å². The van der Waals surface area contributed by atoms with Gasteiger partial charge in [-0.15, -0.1) is 0 Å². The molecule has 0 heterocycles. The Morgan fingerprint density at radius 1 is 0.706 bits per heavy atom. The van der Waals surface area contributed by atoms with Crippen LogP contribution in [0.25, 0.3) is 11.1 Å². The predicted molar refractivity (Wildman–Crippen MR) is 69.4 cm³/mol. The van der Waals surface area contributed by atoms with Crippen LogP contribution in [0.5, 0.6) is 11.5 Å². The molecule has 0 aliphatic heterocycles. The van der Waals surface area contributed by atoms with E-state index in [1.807, 2.05) is 32.9 Å². The molecular formula is C15H16O2. The van der Waals surface area contributed by atoms with Crippen molar-refractivity contribution in [2.45, 2.75) is 20.8 Å². The summed E-state index contributed by atoms with van der Waals surface area (Å²) in [5.41, 5.74) is 5.10. The van der Waals surface area contributed by atoms with Crippen LogP contribution in [-0.4, -0.2) is 10.2 Å². The van der Waals surface area contributed by atoms with E-state index in [1.165, 1.54) is 0 Å². The largest absolute Gasteiger partial charge is 0.508 e. The van der Waals surface area contributed by atoms with E-state index in [1.54, 1.807) is 18.2 Å². The molecule has 2 aromatic rings. The highest BCUT2D eigenvalue weighted by atomic mass is 16.3. The van der Waals surface area contributed by atoms with E-state index >= 15 is 0 Å². The average molecular weight is 228 g/mol. The summed E-state index contributed by atoms with van der Waals surface area (Å²) in [5, 5.41) is 19.1. The minimum Gasteiger partial charge on any atom is -0.508 e. The number of aromatic hydroxyl groups is 2. The molecule has 0 amide bonds. The maximum absolute atomic E-state index is 9.64. The zero-order chi connectivity index (χ0) is 12.6. The van der Waals surface area contributed by atoms with Gasteiger partial charge in [0.05, 0.1) is 0 Å². The van der Waals surface area contributed by atoms with Crippen molar-refractivity contribution in [1.29, 1.82) is 0 Å². The Balaban J connectivity index is 2.64. The topological polar surface area (TPSA) is 40.5 Å². The van der Waals surface area contributed by atoms with Crippen LogP contribution in [0.15, 0.2) is 30.3 Å². The summed E-state index contributed by atoms with van der Waals surface area (Å²) in [7, 11) is 0. The zero-order valence-electron chi connectivity index (χ0n) is 10.3. The smallest absolute Gasteiger partial charge is 0.118 e. The quantitative estimate of drug-likeness (QED) is 0.781. The molecule has 0 spiro atoms. The van der Waals surface area contributed by atoms with Gasteiger partial charge in [0.1, 0.15) is 11.5 Å². The van der Waals surface area contributed by atoms with Gasteiger partial charge in [-0.2, -0.15) is 0 Å². The van der Waals surface area contributed by atoms with E-state index in [0.717, 1.165) is 27.8 Å². The van der Waals surface area contributed by atoms with Crippen molar-refractivity contribution >= 4 is 0 Å². The normalized spacial score (nSPS) is 10.5. The second-order valence-corrected chi connectivity index (χ2v) is 4.45. The first kappa shape index (κ1) is 11.5. The van der Waals surface area contributed by atoms with Crippen LogP contribution in [0, 0.1) is 20.8 Å². The van der Waals surface area contributed by atoms with E-state index in [9.17, 15) is 10.2 Å². The number of aryl methyl sites for hydroxylation is 3. The van der Waals surface area contributed by atoms with Crippen LogP contribution in [0.2, 0.25) is 0 Å². The van der Waals surface area contributed by atoms with E-state index in [-0.39, 0.29) is 5.75 Å². The predicted octanol–water partition coefficient (Wildman–Crippen LogP) is 3.69. The monoisotopic (exact) mass is 228 g/mol. The van der Waals surface area contributed by atoms with Gasteiger partial charge in [-0.25, -0.2) is 0 Å². The summed E-state index contributed by atoms with van der Waals surface area (Å²) in [5.74, 6) is 0.599. The SMILES string of the molecule is Cc1cc(-c2ccc(O)cc2C)c(C)cc1O. The van der Waals surface area contributed by atoms with Gasteiger partial charge in [0.25, 0.3) is 0 Å². The Morgan fingerprint density at radius 2 is 1.35 bits per heavy atom. The Morgan fingerprint density at radius 3 is 2.00 bits per heavy atom. The number of rotatable bonds is 1. The Hall–Kier alpha value is -1.96. The summed E-state index contributed by atoms with van der Waals surface area (Å²) < 4.78 is 0. The summed E-state index contributed by atoms with van der Waals surface area (Å²) in [4.78, 5) is 0. The molecule has 0 saturated carbocycles. The van der Waals surface area contributed by atoms with Gasteiger partial charge >= 0.3 is 0 Å². The van der Waals surface area contributed by atoms with Gasteiger partial charge in [-0.3, -0.25) is 0 Å². The molecule has 0 radical (unpaired) electrons. The van der Waals surface area contributed by atoms with Gasteiger partial charge in [0.15, 0.2) is 0 Å². The molecule has 0 bridgehead atoms. The molecule has 2 aromatic carbocycles. The molecule has 0 saturated heterocycles. The lowest BCUT2D eigenvalue weighted by Gasteiger charge is -2.12. The molecule has 0 atom stereocenters.